The van der Waals surface area contributed by atoms with Crippen LogP contribution in [0.3, 0.4) is 0 Å². The van der Waals surface area contributed by atoms with Crippen LogP contribution in [0.1, 0.15) is 51.1 Å². The summed E-state index contributed by atoms with van der Waals surface area (Å²) in [6, 6.07) is 7.32. The first-order chi connectivity index (χ1) is 15.8. The van der Waals surface area contributed by atoms with Crippen molar-refractivity contribution in [3.05, 3.63) is 41.2 Å². The molecule has 7 heteroatoms. The third-order valence-corrected chi connectivity index (χ3v) is 6.78. The van der Waals surface area contributed by atoms with Crippen molar-refractivity contribution >= 4 is 11.7 Å². The maximum absolute atomic E-state index is 13.8. The second-order valence-electron chi connectivity index (χ2n) is 9.84. The molecule has 1 aliphatic carbocycles. The van der Waals surface area contributed by atoms with Crippen molar-refractivity contribution in [3.63, 3.8) is 0 Å². The van der Waals surface area contributed by atoms with Gasteiger partial charge in [-0.3, -0.25) is 9.59 Å². The van der Waals surface area contributed by atoms with Gasteiger partial charge in [0.15, 0.2) is 11.5 Å². The third-order valence-electron chi connectivity index (χ3n) is 6.78. The van der Waals surface area contributed by atoms with Gasteiger partial charge in [0.05, 0.1) is 29.7 Å². The average Bonchev–Trinajstić information content (AvgIpc) is 3.05. The first-order valence-corrected chi connectivity index (χ1v) is 12.0. The van der Waals surface area contributed by atoms with Gasteiger partial charge in [-0.05, 0) is 71.4 Å². The molecule has 3 aliphatic rings. The average molecular weight is 457 g/mol. The molecule has 1 saturated carbocycles. The number of methoxy groups -OCH3 is 1. The number of fused-ring (bicyclic) bond motifs is 1. The fraction of sp³-hybridized carbons (Fsp3) is 0.615. The highest BCUT2D eigenvalue weighted by molar-refractivity contribution is 6.11. The lowest BCUT2D eigenvalue weighted by Crippen LogP contribution is -2.43. The highest BCUT2D eigenvalue weighted by Crippen LogP contribution is 2.47. The lowest BCUT2D eigenvalue weighted by molar-refractivity contribution is -0.138. The summed E-state index contributed by atoms with van der Waals surface area (Å²) in [7, 11) is 5.72. The summed E-state index contributed by atoms with van der Waals surface area (Å²) in [6.45, 7) is 5.37. The van der Waals surface area contributed by atoms with Crippen molar-refractivity contribution in [2.75, 3.05) is 34.3 Å². The summed E-state index contributed by atoms with van der Waals surface area (Å²) in [5.41, 5.74) is 1.40. The van der Waals surface area contributed by atoms with E-state index in [2.05, 4.69) is 4.90 Å². The number of ketones is 1. The molecule has 33 heavy (non-hydrogen) atoms. The lowest BCUT2D eigenvalue weighted by Gasteiger charge is -2.38. The SMILES string of the molecule is COC1CCC2C(=O)C3=C(OC2C1)C(=O)N(CCCN(C)C)C3c1cccc(OC(C)C)c1. The summed E-state index contributed by atoms with van der Waals surface area (Å²) < 4.78 is 17.7. The summed E-state index contributed by atoms with van der Waals surface area (Å²) in [4.78, 5) is 31.2. The van der Waals surface area contributed by atoms with Crippen LogP contribution in [0.15, 0.2) is 35.6 Å². The largest absolute Gasteiger partial charge is 0.491 e. The normalized spacial score (nSPS) is 27.2. The molecule has 4 unspecified atom stereocenters. The quantitative estimate of drug-likeness (QED) is 0.598. The van der Waals surface area contributed by atoms with E-state index < -0.39 is 6.04 Å². The Kier molecular flexibility index (Phi) is 7.10. The molecular formula is C26H36N2O5. The minimum atomic E-state index is -0.445. The molecule has 7 nitrogen and oxygen atoms in total. The van der Waals surface area contributed by atoms with E-state index in [1.54, 1.807) is 7.11 Å². The summed E-state index contributed by atoms with van der Waals surface area (Å²) in [5.74, 6) is 0.625. The van der Waals surface area contributed by atoms with Crippen molar-refractivity contribution in [1.82, 2.24) is 9.80 Å². The van der Waals surface area contributed by atoms with Crippen LogP contribution in [0, 0.1) is 5.92 Å². The molecule has 0 aromatic heterocycles. The zero-order valence-corrected chi connectivity index (χ0v) is 20.4. The molecule has 180 valence electrons. The zero-order valence-electron chi connectivity index (χ0n) is 20.4. The van der Waals surface area contributed by atoms with E-state index in [-0.39, 0.29) is 41.7 Å². The van der Waals surface area contributed by atoms with Crippen molar-refractivity contribution < 1.29 is 23.8 Å². The van der Waals surface area contributed by atoms with Crippen molar-refractivity contribution in [2.24, 2.45) is 5.92 Å². The van der Waals surface area contributed by atoms with E-state index in [9.17, 15) is 9.59 Å². The van der Waals surface area contributed by atoms with Gasteiger partial charge in [-0.25, -0.2) is 0 Å². The molecule has 0 radical (unpaired) electrons. The fourth-order valence-corrected chi connectivity index (χ4v) is 5.26. The Hall–Kier alpha value is -2.38. The summed E-state index contributed by atoms with van der Waals surface area (Å²) in [5, 5.41) is 0. The standard InChI is InChI=1S/C26H36N2O5/c1-16(2)32-19-9-6-8-17(14-19)23-22-24(29)20-11-10-18(31-5)15-21(20)33-25(22)26(30)28(23)13-7-12-27(3)4/h6,8-9,14,16,18,20-21,23H,7,10-13,15H2,1-5H3. The maximum Gasteiger partial charge on any atom is 0.290 e. The number of amides is 1. The smallest absolute Gasteiger partial charge is 0.290 e. The number of hydrogen-bond acceptors (Lipinski definition) is 6. The number of nitrogens with zero attached hydrogens (tertiary/aromatic N) is 2. The van der Waals surface area contributed by atoms with Gasteiger partial charge in [-0.15, -0.1) is 0 Å². The second kappa shape index (κ2) is 9.85. The molecule has 0 N–H and O–H groups in total. The minimum Gasteiger partial charge on any atom is -0.491 e. The molecule has 0 bridgehead atoms. The highest BCUT2D eigenvalue weighted by atomic mass is 16.5. The Morgan fingerprint density at radius 2 is 2.00 bits per heavy atom. The van der Waals surface area contributed by atoms with Crippen LogP contribution in [0.25, 0.3) is 0 Å². The minimum absolute atomic E-state index is 0.0350. The van der Waals surface area contributed by atoms with Crippen LogP contribution < -0.4 is 4.74 Å². The van der Waals surface area contributed by atoms with Crippen LogP contribution in [-0.4, -0.2) is 74.1 Å². The number of rotatable bonds is 8. The molecule has 2 heterocycles. The number of hydrogen-bond donors (Lipinski definition) is 0. The van der Waals surface area contributed by atoms with Gasteiger partial charge in [-0.2, -0.15) is 0 Å². The number of benzene rings is 1. The maximum atomic E-state index is 13.8. The predicted octanol–water partition coefficient (Wildman–Crippen LogP) is 3.35. The van der Waals surface area contributed by atoms with Gasteiger partial charge >= 0.3 is 0 Å². The summed E-state index contributed by atoms with van der Waals surface area (Å²) >= 11 is 0. The third kappa shape index (κ3) is 4.80. The number of carbonyl (C=O) groups excluding carboxylic acids is 2. The van der Waals surface area contributed by atoms with E-state index in [4.69, 9.17) is 14.2 Å². The Balaban J connectivity index is 1.70. The molecule has 1 amide bonds. The fourth-order valence-electron chi connectivity index (χ4n) is 5.26. The van der Waals surface area contributed by atoms with Gasteiger partial charge in [0.1, 0.15) is 11.9 Å². The molecule has 4 rings (SSSR count). The van der Waals surface area contributed by atoms with Crippen LogP contribution in [-0.2, 0) is 19.1 Å². The topological polar surface area (TPSA) is 68.3 Å². The van der Waals surface area contributed by atoms with Crippen LogP contribution in [0.4, 0.5) is 0 Å². The number of ether oxygens (including phenoxy) is 3. The van der Waals surface area contributed by atoms with Crippen molar-refractivity contribution in [3.8, 4) is 5.75 Å². The molecule has 4 atom stereocenters. The molecule has 0 spiro atoms. The van der Waals surface area contributed by atoms with Crippen molar-refractivity contribution in [1.29, 1.82) is 0 Å². The van der Waals surface area contributed by atoms with Crippen LogP contribution >= 0.6 is 0 Å². The zero-order chi connectivity index (χ0) is 23.7. The van der Waals surface area contributed by atoms with E-state index in [0.29, 0.717) is 18.5 Å². The van der Waals surface area contributed by atoms with Crippen LogP contribution in [0.2, 0.25) is 0 Å². The Bertz CT molecular complexity index is 925. The monoisotopic (exact) mass is 456 g/mol. The number of Topliss-reactive ketones (excluding diaryl/α,β-unsaturated/α-hetero) is 1. The van der Waals surface area contributed by atoms with Crippen LogP contribution in [0.5, 0.6) is 5.75 Å². The molecule has 0 saturated heterocycles. The van der Waals surface area contributed by atoms with Gasteiger partial charge < -0.3 is 24.0 Å². The van der Waals surface area contributed by atoms with Gasteiger partial charge in [0, 0.05) is 20.1 Å². The molecule has 1 aromatic carbocycles. The number of carbonyl (C=O) groups is 2. The molecule has 1 aromatic rings. The Morgan fingerprint density at radius 3 is 2.70 bits per heavy atom. The lowest BCUT2D eigenvalue weighted by atomic mass is 9.76. The van der Waals surface area contributed by atoms with Gasteiger partial charge in [-0.1, -0.05) is 12.1 Å². The molecule has 1 fully saturated rings. The first-order valence-electron chi connectivity index (χ1n) is 12.0. The highest BCUT2D eigenvalue weighted by Gasteiger charge is 2.52. The van der Waals surface area contributed by atoms with E-state index in [0.717, 1.165) is 37.1 Å². The van der Waals surface area contributed by atoms with Gasteiger partial charge in [0.25, 0.3) is 5.91 Å². The predicted molar refractivity (Wildman–Crippen MR) is 125 cm³/mol. The van der Waals surface area contributed by atoms with Gasteiger partial charge in [0.2, 0.25) is 0 Å². The summed E-state index contributed by atoms with van der Waals surface area (Å²) in [6.07, 6.45) is 2.80. The Labute approximate surface area is 196 Å². The molecular weight excluding hydrogens is 420 g/mol. The van der Waals surface area contributed by atoms with E-state index in [1.165, 1.54) is 0 Å². The first kappa shape index (κ1) is 23.8. The van der Waals surface area contributed by atoms with E-state index >= 15 is 0 Å². The molecule has 2 aliphatic heterocycles. The Morgan fingerprint density at radius 1 is 1.21 bits per heavy atom. The van der Waals surface area contributed by atoms with E-state index in [1.807, 2.05) is 57.1 Å². The van der Waals surface area contributed by atoms with Crippen molar-refractivity contribution in [2.45, 2.75) is 63.9 Å². The second-order valence-corrected chi connectivity index (χ2v) is 9.84.